The third-order valence-corrected chi connectivity index (χ3v) is 4.45. The second-order valence-electron chi connectivity index (χ2n) is 5.26. The summed E-state index contributed by atoms with van der Waals surface area (Å²) in [5.41, 5.74) is 1.89. The SMILES string of the molecule is O=C(CCc1cccs1)N=c1ccccn1Cc1ccccc1. The largest absolute Gasteiger partial charge is 0.329 e. The maximum absolute atomic E-state index is 12.1. The van der Waals surface area contributed by atoms with Crippen LogP contribution in [0.25, 0.3) is 0 Å². The number of thiophene rings is 1. The number of hydrogen-bond acceptors (Lipinski definition) is 2. The van der Waals surface area contributed by atoms with Gasteiger partial charge in [0.05, 0.1) is 0 Å². The molecule has 0 bridgehead atoms. The van der Waals surface area contributed by atoms with Gasteiger partial charge >= 0.3 is 0 Å². The van der Waals surface area contributed by atoms with Gasteiger partial charge in [0.2, 0.25) is 5.91 Å². The van der Waals surface area contributed by atoms with Gasteiger partial charge in [-0.05, 0) is 35.6 Å². The minimum Gasteiger partial charge on any atom is -0.329 e. The van der Waals surface area contributed by atoms with Gasteiger partial charge in [0, 0.05) is 24.0 Å². The van der Waals surface area contributed by atoms with Gasteiger partial charge in [-0.1, -0.05) is 42.5 Å². The molecule has 0 radical (unpaired) electrons. The van der Waals surface area contributed by atoms with Crippen molar-refractivity contribution in [3.63, 3.8) is 0 Å². The molecule has 116 valence electrons. The fourth-order valence-electron chi connectivity index (χ4n) is 2.35. The summed E-state index contributed by atoms with van der Waals surface area (Å²) in [6.45, 7) is 0.707. The van der Waals surface area contributed by atoms with Crippen molar-refractivity contribution in [2.24, 2.45) is 4.99 Å². The molecule has 0 fully saturated rings. The van der Waals surface area contributed by atoms with Gasteiger partial charge in [-0.3, -0.25) is 4.79 Å². The molecule has 23 heavy (non-hydrogen) atoms. The molecule has 0 saturated carbocycles. The van der Waals surface area contributed by atoms with Crippen molar-refractivity contribution in [3.05, 3.63) is 88.2 Å². The Morgan fingerprint density at radius 2 is 1.83 bits per heavy atom. The summed E-state index contributed by atoms with van der Waals surface area (Å²) >= 11 is 1.68. The predicted molar refractivity (Wildman–Crippen MR) is 93.2 cm³/mol. The first-order valence-electron chi connectivity index (χ1n) is 7.60. The van der Waals surface area contributed by atoms with E-state index >= 15 is 0 Å². The van der Waals surface area contributed by atoms with Crippen molar-refractivity contribution in [1.29, 1.82) is 0 Å². The highest BCUT2D eigenvalue weighted by atomic mass is 32.1. The van der Waals surface area contributed by atoms with E-state index in [-0.39, 0.29) is 5.91 Å². The molecule has 2 heterocycles. The van der Waals surface area contributed by atoms with Gasteiger partial charge in [0.15, 0.2) is 0 Å². The van der Waals surface area contributed by atoms with E-state index in [0.717, 1.165) is 6.42 Å². The molecule has 0 atom stereocenters. The number of carbonyl (C=O) groups is 1. The number of nitrogens with zero attached hydrogens (tertiary/aromatic N) is 2. The monoisotopic (exact) mass is 322 g/mol. The van der Waals surface area contributed by atoms with E-state index in [1.165, 1.54) is 10.4 Å². The van der Waals surface area contributed by atoms with E-state index in [4.69, 9.17) is 0 Å². The average Bonchev–Trinajstić information content (AvgIpc) is 3.09. The number of rotatable bonds is 5. The van der Waals surface area contributed by atoms with Crippen LogP contribution in [0.1, 0.15) is 16.9 Å². The highest BCUT2D eigenvalue weighted by molar-refractivity contribution is 7.09. The number of hydrogen-bond donors (Lipinski definition) is 0. The molecule has 4 heteroatoms. The number of aromatic nitrogens is 1. The number of carbonyl (C=O) groups excluding carboxylic acids is 1. The minimum atomic E-state index is -0.0774. The zero-order valence-electron chi connectivity index (χ0n) is 12.8. The number of amides is 1. The summed E-state index contributed by atoms with van der Waals surface area (Å²) in [7, 11) is 0. The van der Waals surface area contributed by atoms with E-state index in [2.05, 4.69) is 23.2 Å². The second-order valence-corrected chi connectivity index (χ2v) is 6.29. The minimum absolute atomic E-state index is 0.0774. The normalized spacial score (nSPS) is 11.6. The van der Waals surface area contributed by atoms with Crippen molar-refractivity contribution in [3.8, 4) is 0 Å². The molecule has 1 amide bonds. The third-order valence-electron chi connectivity index (χ3n) is 3.52. The first-order chi connectivity index (χ1) is 11.3. The number of pyridine rings is 1. The van der Waals surface area contributed by atoms with Crippen LogP contribution < -0.4 is 5.49 Å². The Morgan fingerprint density at radius 1 is 1.00 bits per heavy atom. The zero-order chi connectivity index (χ0) is 15.9. The Balaban J connectivity index is 1.75. The molecule has 3 rings (SSSR count). The molecule has 0 aliphatic rings. The highest BCUT2D eigenvalue weighted by Gasteiger charge is 2.02. The quantitative estimate of drug-likeness (QED) is 0.706. The van der Waals surface area contributed by atoms with Gasteiger partial charge in [0.1, 0.15) is 5.49 Å². The van der Waals surface area contributed by atoms with Crippen LogP contribution in [-0.2, 0) is 17.8 Å². The topological polar surface area (TPSA) is 34.4 Å². The second kappa shape index (κ2) is 7.70. The zero-order valence-corrected chi connectivity index (χ0v) is 13.6. The molecular formula is C19H18N2OS. The Bertz CT molecular complexity index is 820. The molecule has 0 aliphatic heterocycles. The van der Waals surface area contributed by atoms with E-state index in [1.807, 2.05) is 58.6 Å². The third kappa shape index (κ3) is 4.50. The maximum atomic E-state index is 12.1. The van der Waals surface area contributed by atoms with Gasteiger partial charge in [-0.15, -0.1) is 11.3 Å². The van der Waals surface area contributed by atoms with Gasteiger partial charge in [0.25, 0.3) is 0 Å². The number of aryl methyl sites for hydroxylation is 1. The van der Waals surface area contributed by atoms with Crippen molar-refractivity contribution >= 4 is 17.2 Å². The summed E-state index contributed by atoms with van der Waals surface area (Å²) in [6, 6.07) is 20.0. The molecular weight excluding hydrogens is 304 g/mol. The Labute approximate surface area is 139 Å². The Kier molecular flexibility index (Phi) is 5.17. The molecule has 1 aromatic carbocycles. The summed E-state index contributed by atoms with van der Waals surface area (Å²) < 4.78 is 2.00. The lowest BCUT2D eigenvalue weighted by atomic mass is 10.2. The van der Waals surface area contributed by atoms with E-state index in [0.29, 0.717) is 18.5 Å². The fourth-order valence-corrected chi connectivity index (χ4v) is 3.06. The smallest absolute Gasteiger partial charge is 0.247 e. The van der Waals surface area contributed by atoms with Gasteiger partial charge in [-0.25, -0.2) is 0 Å². The average molecular weight is 322 g/mol. The van der Waals surface area contributed by atoms with E-state index < -0.39 is 0 Å². The van der Waals surface area contributed by atoms with Crippen molar-refractivity contribution < 1.29 is 4.79 Å². The fraction of sp³-hybridized carbons (Fsp3) is 0.158. The molecule has 3 aromatic rings. The van der Waals surface area contributed by atoms with Gasteiger partial charge < -0.3 is 4.57 Å². The van der Waals surface area contributed by atoms with Crippen LogP contribution in [0.5, 0.6) is 0 Å². The summed E-state index contributed by atoms with van der Waals surface area (Å²) in [5.74, 6) is -0.0774. The predicted octanol–water partition coefficient (Wildman–Crippen LogP) is 3.66. The molecule has 0 aliphatic carbocycles. The highest BCUT2D eigenvalue weighted by Crippen LogP contribution is 2.11. The van der Waals surface area contributed by atoms with Crippen LogP contribution in [0.15, 0.2) is 77.2 Å². The van der Waals surface area contributed by atoms with Crippen molar-refractivity contribution in [2.45, 2.75) is 19.4 Å². The molecule has 0 spiro atoms. The molecule has 2 aromatic heterocycles. The van der Waals surface area contributed by atoms with Crippen LogP contribution in [0.3, 0.4) is 0 Å². The molecule has 0 unspecified atom stereocenters. The standard InChI is InChI=1S/C19H18N2OS/c22-19(12-11-17-9-6-14-23-17)20-18-10-4-5-13-21(18)15-16-7-2-1-3-8-16/h1-10,13-14H,11-12,15H2. The van der Waals surface area contributed by atoms with Crippen LogP contribution in [0.4, 0.5) is 0 Å². The van der Waals surface area contributed by atoms with E-state index in [1.54, 1.807) is 11.3 Å². The Morgan fingerprint density at radius 3 is 2.61 bits per heavy atom. The summed E-state index contributed by atoms with van der Waals surface area (Å²) in [6.07, 6.45) is 3.16. The van der Waals surface area contributed by atoms with Crippen LogP contribution in [0.2, 0.25) is 0 Å². The lowest BCUT2D eigenvalue weighted by Gasteiger charge is -2.07. The summed E-state index contributed by atoms with van der Waals surface area (Å²) in [5, 5.41) is 2.03. The van der Waals surface area contributed by atoms with Crippen molar-refractivity contribution in [2.75, 3.05) is 0 Å². The van der Waals surface area contributed by atoms with E-state index in [9.17, 15) is 4.79 Å². The van der Waals surface area contributed by atoms with Crippen LogP contribution in [-0.4, -0.2) is 10.5 Å². The molecule has 3 nitrogen and oxygen atoms in total. The number of benzene rings is 1. The van der Waals surface area contributed by atoms with Gasteiger partial charge in [-0.2, -0.15) is 4.99 Å². The summed E-state index contributed by atoms with van der Waals surface area (Å²) in [4.78, 5) is 17.6. The first kappa shape index (κ1) is 15.4. The van der Waals surface area contributed by atoms with Crippen molar-refractivity contribution in [1.82, 2.24) is 4.57 Å². The first-order valence-corrected chi connectivity index (χ1v) is 8.48. The molecule has 0 saturated heterocycles. The lowest BCUT2D eigenvalue weighted by molar-refractivity contribution is -0.118. The van der Waals surface area contributed by atoms with Crippen LogP contribution in [0, 0.1) is 0 Å². The lowest BCUT2D eigenvalue weighted by Crippen LogP contribution is -2.22. The maximum Gasteiger partial charge on any atom is 0.247 e. The van der Waals surface area contributed by atoms with Crippen LogP contribution >= 0.6 is 11.3 Å². The molecule has 0 N–H and O–H groups in total. The Hall–Kier alpha value is -2.46.